The minimum Gasteiger partial charge on any atom is -0.497 e. The summed E-state index contributed by atoms with van der Waals surface area (Å²) in [5.74, 6) is 0.842. The fraction of sp³-hybridized carbons (Fsp3) is 0.350. The number of hydrogen-bond acceptors (Lipinski definition) is 5. The molecule has 0 fully saturated rings. The molecule has 0 unspecified atom stereocenters. The topological polar surface area (TPSA) is 89.0 Å². The maximum Gasteiger partial charge on any atom is 0.278 e. The number of ether oxygens (including phenoxy) is 1. The van der Waals surface area contributed by atoms with Gasteiger partial charge in [0.1, 0.15) is 11.3 Å². The van der Waals surface area contributed by atoms with Gasteiger partial charge in [-0.15, -0.1) is 0 Å². The molecule has 0 radical (unpaired) electrons. The van der Waals surface area contributed by atoms with Crippen molar-refractivity contribution in [2.75, 3.05) is 12.9 Å². The van der Waals surface area contributed by atoms with E-state index in [9.17, 15) is 9.59 Å². The molecule has 1 amide bonds. The molecule has 0 aliphatic heterocycles. The molecule has 2 N–H and O–H groups in total. The number of rotatable bonds is 7. The number of nitrogens with zero attached hydrogens (tertiary/aromatic N) is 2. The molecule has 0 saturated carbocycles. The minimum absolute atomic E-state index is 0.115. The van der Waals surface area contributed by atoms with E-state index in [4.69, 9.17) is 4.74 Å². The van der Waals surface area contributed by atoms with Crippen molar-refractivity contribution in [1.82, 2.24) is 19.9 Å². The van der Waals surface area contributed by atoms with Gasteiger partial charge in [0.25, 0.3) is 5.56 Å². The van der Waals surface area contributed by atoms with Gasteiger partial charge < -0.3 is 15.0 Å². The number of nitrogens with one attached hydrogen (secondary N) is 2. The molecule has 1 atom stereocenters. The van der Waals surface area contributed by atoms with Crippen molar-refractivity contribution in [3.05, 3.63) is 51.9 Å². The molecule has 2 heterocycles. The van der Waals surface area contributed by atoms with Crippen molar-refractivity contribution in [1.29, 1.82) is 0 Å². The Morgan fingerprint density at radius 3 is 2.71 bits per heavy atom. The third-order valence-corrected chi connectivity index (χ3v) is 5.46. The van der Waals surface area contributed by atoms with Crippen LogP contribution in [0.15, 0.2) is 40.3 Å². The number of thioether (sulfide) groups is 1. The molecule has 1 aromatic carbocycles. The summed E-state index contributed by atoms with van der Waals surface area (Å²) in [5.41, 5.74) is 2.89. The zero-order chi connectivity index (χ0) is 20.3. The second-order valence-electron chi connectivity index (χ2n) is 6.51. The molecule has 0 bridgehead atoms. The molecule has 0 aliphatic rings. The first kappa shape index (κ1) is 20.0. The van der Waals surface area contributed by atoms with Crippen molar-refractivity contribution in [3.8, 4) is 5.75 Å². The summed E-state index contributed by atoms with van der Waals surface area (Å²) in [6.45, 7) is 6.20. The van der Waals surface area contributed by atoms with Crippen molar-refractivity contribution in [2.45, 2.75) is 38.5 Å². The highest BCUT2D eigenvalue weighted by Crippen LogP contribution is 2.20. The number of carbonyl (C=O) groups excluding carboxylic acids is 1. The van der Waals surface area contributed by atoms with Gasteiger partial charge in [0.2, 0.25) is 5.91 Å². The molecule has 3 aromatic rings. The number of carbonyl (C=O) groups is 1. The quantitative estimate of drug-likeness (QED) is 0.470. The Morgan fingerprint density at radius 2 is 2.07 bits per heavy atom. The number of methoxy groups -OCH3 is 1. The zero-order valence-corrected chi connectivity index (χ0v) is 17.2. The molecule has 2 aromatic heterocycles. The Bertz CT molecular complexity index is 1040. The monoisotopic (exact) mass is 400 g/mol. The summed E-state index contributed by atoms with van der Waals surface area (Å²) in [7, 11) is 1.62. The van der Waals surface area contributed by atoms with Crippen LogP contribution in [0.3, 0.4) is 0 Å². The summed E-state index contributed by atoms with van der Waals surface area (Å²) in [6.07, 6.45) is 0. The van der Waals surface area contributed by atoms with Crippen LogP contribution in [0, 0.1) is 6.92 Å². The lowest BCUT2D eigenvalue weighted by molar-refractivity contribution is -0.119. The molecule has 0 spiro atoms. The molecule has 0 aliphatic carbocycles. The normalized spacial score (nSPS) is 12.1. The first-order valence-electron chi connectivity index (χ1n) is 9.09. The smallest absolute Gasteiger partial charge is 0.278 e. The Kier molecular flexibility index (Phi) is 6.08. The number of hydrogen-bond donors (Lipinski definition) is 2. The van der Waals surface area contributed by atoms with E-state index in [0.717, 1.165) is 17.0 Å². The van der Waals surface area contributed by atoms with E-state index in [0.29, 0.717) is 22.7 Å². The number of fused-ring (bicyclic) bond motifs is 1. The Morgan fingerprint density at radius 1 is 1.36 bits per heavy atom. The highest BCUT2D eigenvalue weighted by molar-refractivity contribution is 7.99. The predicted molar refractivity (Wildman–Crippen MR) is 111 cm³/mol. The van der Waals surface area contributed by atoms with E-state index < -0.39 is 0 Å². The molecule has 8 heteroatoms. The van der Waals surface area contributed by atoms with E-state index in [1.54, 1.807) is 11.7 Å². The van der Waals surface area contributed by atoms with Crippen molar-refractivity contribution < 1.29 is 9.53 Å². The van der Waals surface area contributed by atoms with Crippen molar-refractivity contribution in [2.24, 2.45) is 0 Å². The first-order chi connectivity index (χ1) is 13.4. The lowest BCUT2D eigenvalue weighted by Crippen LogP contribution is -2.29. The van der Waals surface area contributed by atoms with E-state index in [1.807, 2.05) is 51.1 Å². The lowest BCUT2D eigenvalue weighted by Gasteiger charge is -2.15. The number of aromatic amines is 1. The number of aryl methyl sites for hydroxylation is 1. The van der Waals surface area contributed by atoms with E-state index in [1.165, 1.54) is 11.8 Å². The summed E-state index contributed by atoms with van der Waals surface area (Å²) in [4.78, 5) is 32.6. The largest absolute Gasteiger partial charge is 0.497 e. The van der Waals surface area contributed by atoms with Gasteiger partial charge >= 0.3 is 0 Å². The lowest BCUT2D eigenvalue weighted by atomic mass is 10.1. The number of benzene rings is 1. The molecule has 0 saturated heterocycles. The van der Waals surface area contributed by atoms with Crippen LogP contribution in [0.2, 0.25) is 0 Å². The second kappa shape index (κ2) is 8.52. The van der Waals surface area contributed by atoms with Gasteiger partial charge in [-0.2, -0.15) is 0 Å². The molecule has 3 rings (SSSR count). The van der Waals surface area contributed by atoms with Gasteiger partial charge in [-0.3, -0.25) is 14.2 Å². The third kappa shape index (κ3) is 4.22. The number of amides is 1. The SMILES string of the molecule is CCn1c(SCC(=O)N[C@@H](C)c2ccc(OC)cc2)nc2cc(C)[nH]c2c1=O. The Labute approximate surface area is 167 Å². The molecule has 7 nitrogen and oxygen atoms in total. The number of H-pyrrole nitrogens is 1. The van der Waals surface area contributed by atoms with Crippen LogP contribution >= 0.6 is 11.8 Å². The van der Waals surface area contributed by atoms with Gasteiger partial charge in [0.05, 0.1) is 24.4 Å². The third-order valence-electron chi connectivity index (χ3n) is 4.48. The highest BCUT2D eigenvalue weighted by atomic mass is 32.2. The maximum absolute atomic E-state index is 12.6. The molecular formula is C20H24N4O3S. The maximum atomic E-state index is 12.6. The number of aromatic nitrogens is 3. The average Bonchev–Trinajstić information content (AvgIpc) is 3.07. The van der Waals surface area contributed by atoms with Crippen molar-refractivity contribution in [3.63, 3.8) is 0 Å². The summed E-state index contributed by atoms with van der Waals surface area (Å²) < 4.78 is 6.74. The molecular weight excluding hydrogens is 376 g/mol. The van der Waals surface area contributed by atoms with Gasteiger partial charge in [-0.25, -0.2) is 4.98 Å². The van der Waals surface area contributed by atoms with Crippen molar-refractivity contribution >= 4 is 28.7 Å². The van der Waals surface area contributed by atoms with Gasteiger partial charge in [-0.05, 0) is 44.5 Å². The summed E-state index contributed by atoms with van der Waals surface area (Å²) in [5, 5.41) is 3.52. The van der Waals surface area contributed by atoms with Gasteiger partial charge in [0.15, 0.2) is 5.16 Å². The fourth-order valence-corrected chi connectivity index (χ4v) is 3.86. The van der Waals surface area contributed by atoms with E-state index in [-0.39, 0.29) is 23.3 Å². The van der Waals surface area contributed by atoms with Gasteiger partial charge in [-0.1, -0.05) is 23.9 Å². The molecule has 148 valence electrons. The Balaban J connectivity index is 1.69. The van der Waals surface area contributed by atoms with Crippen LogP contribution in [0.1, 0.15) is 31.1 Å². The first-order valence-corrected chi connectivity index (χ1v) is 10.1. The standard InChI is InChI=1S/C20H24N4O3S/c1-5-24-19(26)18-16(10-12(2)21-18)23-20(24)28-11-17(25)22-13(3)14-6-8-15(27-4)9-7-14/h6-10,13,21H,5,11H2,1-4H3,(H,22,25)/t13-/m0/s1. The van der Waals surface area contributed by atoms with E-state index in [2.05, 4.69) is 15.3 Å². The van der Waals surface area contributed by atoms with Crippen LogP contribution in [0.5, 0.6) is 5.75 Å². The van der Waals surface area contributed by atoms with Crippen LogP contribution in [0.25, 0.3) is 11.0 Å². The second-order valence-corrected chi connectivity index (χ2v) is 7.45. The average molecular weight is 401 g/mol. The summed E-state index contributed by atoms with van der Waals surface area (Å²) in [6, 6.07) is 9.29. The van der Waals surface area contributed by atoms with Crippen LogP contribution in [-0.4, -0.2) is 33.3 Å². The predicted octanol–water partition coefficient (Wildman–Crippen LogP) is 3.03. The Hall–Kier alpha value is -2.74. The highest BCUT2D eigenvalue weighted by Gasteiger charge is 2.15. The molecule has 28 heavy (non-hydrogen) atoms. The fourth-order valence-electron chi connectivity index (χ4n) is 2.99. The van der Waals surface area contributed by atoms with Crippen LogP contribution in [-0.2, 0) is 11.3 Å². The zero-order valence-electron chi connectivity index (χ0n) is 16.4. The summed E-state index contributed by atoms with van der Waals surface area (Å²) >= 11 is 1.27. The van der Waals surface area contributed by atoms with Crippen LogP contribution in [0.4, 0.5) is 0 Å². The van der Waals surface area contributed by atoms with Gasteiger partial charge in [0, 0.05) is 12.2 Å². The minimum atomic E-state index is -0.130. The van der Waals surface area contributed by atoms with Crippen LogP contribution < -0.4 is 15.6 Å². The van der Waals surface area contributed by atoms with E-state index >= 15 is 0 Å².